The van der Waals surface area contributed by atoms with Crippen LogP contribution in [-0.2, 0) is 27.2 Å². The molecule has 0 aliphatic rings. The van der Waals surface area contributed by atoms with Crippen LogP contribution in [0.15, 0.2) is 53.7 Å². The first-order chi connectivity index (χ1) is 17.5. The maximum atomic E-state index is 11.9. The lowest BCUT2D eigenvalue weighted by atomic mass is 10.1. The van der Waals surface area contributed by atoms with Gasteiger partial charge in [0.1, 0.15) is 23.1 Å². The van der Waals surface area contributed by atoms with Gasteiger partial charge in [-0.1, -0.05) is 48.2 Å². The molecule has 0 atom stereocenters. The third-order valence-electron chi connectivity index (χ3n) is 5.19. The van der Waals surface area contributed by atoms with Crippen LogP contribution in [0, 0.1) is 11.3 Å². The smallest absolute Gasteiger partial charge is 0.306 e. The van der Waals surface area contributed by atoms with E-state index in [1.54, 1.807) is 24.3 Å². The number of rotatable bonds is 9. The minimum atomic E-state index is -0.471. The van der Waals surface area contributed by atoms with E-state index < -0.39 is 5.60 Å². The van der Waals surface area contributed by atoms with E-state index in [-0.39, 0.29) is 23.3 Å². The zero-order valence-electron chi connectivity index (χ0n) is 21.5. The Morgan fingerprint density at radius 2 is 1.65 bits per heavy atom. The van der Waals surface area contributed by atoms with Gasteiger partial charge in [-0.15, -0.1) is 0 Å². The van der Waals surface area contributed by atoms with E-state index in [2.05, 4.69) is 33.5 Å². The molecule has 9 heteroatoms. The Bertz CT molecular complexity index is 1290. The number of hydrogen-bond donors (Lipinski definition) is 2. The first kappa shape index (κ1) is 27.7. The number of nitriles is 1. The molecule has 2 aromatic carbocycles. The molecule has 37 heavy (non-hydrogen) atoms. The van der Waals surface area contributed by atoms with E-state index in [4.69, 9.17) is 10.5 Å². The summed E-state index contributed by atoms with van der Waals surface area (Å²) >= 11 is 1.46. The van der Waals surface area contributed by atoms with Crippen LogP contribution in [0.4, 0.5) is 11.5 Å². The third kappa shape index (κ3) is 8.62. The summed E-state index contributed by atoms with van der Waals surface area (Å²) < 4.78 is 5.36. The van der Waals surface area contributed by atoms with E-state index in [1.807, 2.05) is 32.9 Å². The van der Waals surface area contributed by atoms with Crippen molar-refractivity contribution >= 4 is 35.1 Å². The Morgan fingerprint density at radius 3 is 2.22 bits per heavy atom. The standard InChI is InChI=1S/C28H31N5O3S/c1-18(34)31-22-12-10-21(11-13-22)25-23(17-29)26(30)33-27(32-25)37-16-15-20-7-5-19(6-8-20)9-14-24(35)36-28(2,3)4/h5-8,10-13H,9,14-16H2,1-4H3,(H,31,34)(H2,30,32,33). The number of esters is 1. The highest BCUT2D eigenvalue weighted by atomic mass is 32.2. The van der Waals surface area contributed by atoms with Gasteiger partial charge in [0.2, 0.25) is 5.91 Å². The van der Waals surface area contributed by atoms with Crippen LogP contribution >= 0.6 is 11.8 Å². The third-order valence-corrected chi connectivity index (χ3v) is 6.04. The van der Waals surface area contributed by atoms with Crippen molar-refractivity contribution in [2.75, 3.05) is 16.8 Å². The molecule has 0 saturated carbocycles. The van der Waals surface area contributed by atoms with Crippen LogP contribution < -0.4 is 11.1 Å². The van der Waals surface area contributed by atoms with E-state index >= 15 is 0 Å². The second kappa shape index (κ2) is 12.4. The van der Waals surface area contributed by atoms with Crippen molar-refractivity contribution in [3.8, 4) is 17.3 Å². The highest BCUT2D eigenvalue weighted by Gasteiger charge is 2.16. The molecule has 3 N–H and O–H groups in total. The minimum absolute atomic E-state index is 0.135. The number of anilines is 2. The molecule has 3 aromatic rings. The molecule has 3 rings (SSSR count). The highest BCUT2D eigenvalue weighted by molar-refractivity contribution is 7.99. The average molecular weight is 518 g/mol. The van der Waals surface area contributed by atoms with Gasteiger partial charge >= 0.3 is 5.97 Å². The largest absolute Gasteiger partial charge is 0.460 e. The number of hydrogen-bond acceptors (Lipinski definition) is 8. The van der Waals surface area contributed by atoms with Gasteiger partial charge in [0.05, 0.1) is 5.69 Å². The van der Waals surface area contributed by atoms with Gasteiger partial charge in [-0.25, -0.2) is 9.97 Å². The van der Waals surface area contributed by atoms with Crippen LogP contribution in [0.3, 0.4) is 0 Å². The predicted octanol–water partition coefficient (Wildman–Crippen LogP) is 5.16. The van der Waals surface area contributed by atoms with Crippen LogP contribution in [0.25, 0.3) is 11.3 Å². The van der Waals surface area contributed by atoms with Gasteiger partial charge < -0.3 is 15.8 Å². The summed E-state index contributed by atoms with van der Waals surface area (Å²) in [6.45, 7) is 7.03. The molecular formula is C28H31N5O3S. The molecule has 0 radical (unpaired) electrons. The molecule has 8 nitrogen and oxygen atoms in total. The normalized spacial score (nSPS) is 11.0. The number of aromatic nitrogens is 2. The molecule has 1 amide bonds. The van der Waals surface area contributed by atoms with Crippen molar-refractivity contribution < 1.29 is 14.3 Å². The molecule has 192 valence electrons. The van der Waals surface area contributed by atoms with Crippen molar-refractivity contribution in [3.05, 3.63) is 65.2 Å². The summed E-state index contributed by atoms with van der Waals surface area (Å²) in [6, 6.07) is 17.3. The van der Waals surface area contributed by atoms with Crippen molar-refractivity contribution in [1.82, 2.24) is 9.97 Å². The second-order valence-electron chi connectivity index (χ2n) is 9.49. The SMILES string of the molecule is CC(=O)Nc1ccc(-c2nc(SCCc3ccc(CCC(=O)OC(C)(C)C)cc3)nc(N)c2C#N)cc1. The number of benzene rings is 2. The van der Waals surface area contributed by atoms with Crippen molar-refractivity contribution in [2.45, 2.75) is 57.7 Å². The number of carbonyl (C=O) groups is 2. The summed E-state index contributed by atoms with van der Waals surface area (Å²) in [6.07, 6.45) is 1.78. The summed E-state index contributed by atoms with van der Waals surface area (Å²) in [7, 11) is 0. The highest BCUT2D eigenvalue weighted by Crippen LogP contribution is 2.29. The number of aryl methyl sites for hydroxylation is 2. The number of amides is 1. The fourth-order valence-electron chi connectivity index (χ4n) is 3.53. The van der Waals surface area contributed by atoms with Crippen LogP contribution in [0.2, 0.25) is 0 Å². The number of carbonyl (C=O) groups excluding carboxylic acids is 2. The molecular weight excluding hydrogens is 486 g/mol. The summed E-state index contributed by atoms with van der Waals surface area (Å²) in [5.74, 6) is 0.502. The number of nitrogen functional groups attached to an aromatic ring is 1. The molecule has 0 bridgehead atoms. The Labute approximate surface area is 221 Å². The van der Waals surface area contributed by atoms with Gasteiger partial charge in [0.15, 0.2) is 5.16 Å². The molecule has 0 spiro atoms. The molecule has 0 saturated heterocycles. The van der Waals surface area contributed by atoms with Crippen molar-refractivity contribution in [2.24, 2.45) is 0 Å². The summed E-state index contributed by atoms with van der Waals surface area (Å²) in [5, 5.41) is 12.8. The molecule has 0 aliphatic heterocycles. The van der Waals surface area contributed by atoms with E-state index in [9.17, 15) is 14.9 Å². The minimum Gasteiger partial charge on any atom is -0.460 e. The van der Waals surface area contributed by atoms with Gasteiger partial charge in [-0.2, -0.15) is 5.26 Å². The molecule has 0 fully saturated rings. The van der Waals surface area contributed by atoms with E-state index in [1.165, 1.54) is 18.7 Å². The number of nitrogens with one attached hydrogen (secondary N) is 1. The Balaban J connectivity index is 1.61. The number of nitrogens with two attached hydrogens (primary N) is 1. The van der Waals surface area contributed by atoms with Crippen molar-refractivity contribution in [1.29, 1.82) is 5.26 Å². The number of nitrogens with zero attached hydrogens (tertiary/aromatic N) is 3. The van der Waals surface area contributed by atoms with Crippen molar-refractivity contribution in [3.63, 3.8) is 0 Å². The van der Waals surface area contributed by atoms with Gasteiger partial charge in [-0.05, 0) is 56.9 Å². The van der Waals surface area contributed by atoms with Crippen LogP contribution in [-0.4, -0.2) is 33.2 Å². The molecule has 0 unspecified atom stereocenters. The monoisotopic (exact) mass is 517 g/mol. The van der Waals surface area contributed by atoms with E-state index in [0.717, 1.165) is 23.3 Å². The zero-order valence-corrected chi connectivity index (χ0v) is 22.3. The van der Waals surface area contributed by atoms with Crippen LogP contribution in [0.1, 0.15) is 50.8 Å². The Kier molecular flexibility index (Phi) is 9.25. The lowest BCUT2D eigenvalue weighted by Crippen LogP contribution is -2.23. The molecule has 1 heterocycles. The lowest BCUT2D eigenvalue weighted by molar-refractivity contribution is -0.154. The molecule has 0 aliphatic carbocycles. The average Bonchev–Trinajstić information content (AvgIpc) is 2.82. The zero-order chi connectivity index (χ0) is 27.0. The fourth-order valence-corrected chi connectivity index (χ4v) is 4.37. The maximum Gasteiger partial charge on any atom is 0.306 e. The first-order valence-electron chi connectivity index (χ1n) is 11.9. The summed E-state index contributed by atoms with van der Waals surface area (Å²) in [4.78, 5) is 32.1. The van der Waals surface area contributed by atoms with Gasteiger partial charge in [0.25, 0.3) is 0 Å². The Hall–Kier alpha value is -3.90. The topological polar surface area (TPSA) is 131 Å². The van der Waals surface area contributed by atoms with Crippen LogP contribution in [0.5, 0.6) is 0 Å². The maximum absolute atomic E-state index is 11.9. The first-order valence-corrected chi connectivity index (χ1v) is 12.9. The predicted molar refractivity (Wildman–Crippen MR) is 146 cm³/mol. The van der Waals surface area contributed by atoms with E-state index in [0.29, 0.717) is 34.9 Å². The summed E-state index contributed by atoms with van der Waals surface area (Å²) in [5.41, 5.74) is 9.89. The lowest BCUT2D eigenvalue weighted by Gasteiger charge is -2.19. The number of thioether (sulfide) groups is 1. The van der Waals surface area contributed by atoms with Gasteiger partial charge in [0, 0.05) is 30.3 Å². The second-order valence-corrected chi connectivity index (χ2v) is 10.5. The number of ether oxygens (including phenoxy) is 1. The Morgan fingerprint density at radius 1 is 1.03 bits per heavy atom. The fraction of sp³-hybridized carbons (Fsp3) is 0.321. The quantitative estimate of drug-likeness (QED) is 0.226. The molecule has 1 aromatic heterocycles. The van der Waals surface area contributed by atoms with Gasteiger partial charge in [-0.3, -0.25) is 9.59 Å².